The summed E-state index contributed by atoms with van der Waals surface area (Å²) < 4.78 is 3.10. The molecule has 0 bridgehead atoms. The third-order valence-corrected chi connectivity index (χ3v) is 7.63. The van der Waals surface area contributed by atoms with Gasteiger partial charge in [0.05, 0.1) is 15.9 Å². The van der Waals surface area contributed by atoms with Gasteiger partial charge in [-0.2, -0.15) is 0 Å². The average molecular weight is 468 g/mol. The van der Waals surface area contributed by atoms with Gasteiger partial charge in [-0.05, 0) is 61.7 Å². The molecule has 0 radical (unpaired) electrons. The van der Waals surface area contributed by atoms with E-state index in [-0.39, 0.29) is 12.5 Å². The summed E-state index contributed by atoms with van der Waals surface area (Å²) in [5.74, 6) is -0.536. The van der Waals surface area contributed by atoms with Crippen molar-refractivity contribution < 1.29 is 14.7 Å². The van der Waals surface area contributed by atoms with Crippen LogP contribution in [0, 0.1) is 0 Å². The van der Waals surface area contributed by atoms with Crippen molar-refractivity contribution in [3.05, 3.63) is 46.3 Å². The first-order chi connectivity index (χ1) is 15.8. The predicted octanol–water partition coefficient (Wildman–Crippen LogP) is 5.27. The van der Waals surface area contributed by atoms with Crippen LogP contribution >= 0.6 is 11.3 Å². The molecule has 1 saturated carbocycles. The summed E-state index contributed by atoms with van der Waals surface area (Å²) in [5.41, 5.74) is 5.49. The molecule has 1 aliphatic rings. The molecule has 0 unspecified atom stereocenters. The number of aromatic nitrogens is 1. The Morgan fingerprint density at radius 2 is 1.82 bits per heavy atom. The van der Waals surface area contributed by atoms with Crippen molar-refractivity contribution in [2.45, 2.75) is 51.1 Å². The lowest BCUT2D eigenvalue weighted by Crippen LogP contribution is -2.26. The highest BCUT2D eigenvalue weighted by atomic mass is 32.1. The van der Waals surface area contributed by atoms with E-state index in [1.165, 1.54) is 41.7 Å². The number of hydrogen-bond acceptors (Lipinski definition) is 4. The van der Waals surface area contributed by atoms with Gasteiger partial charge in [-0.15, -0.1) is 11.3 Å². The van der Waals surface area contributed by atoms with Gasteiger partial charge in [0.2, 0.25) is 5.91 Å². The topological polar surface area (TPSA) is 65.8 Å². The maximum Gasteiger partial charge on any atom is 0.345 e. The van der Waals surface area contributed by atoms with Crippen LogP contribution < -0.4 is 0 Å². The van der Waals surface area contributed by atoms with Gasteiger partial charge in [0.25, 0.3) is 0 Å². The van der Waals surface area contributed by atoms with Gasteiger partial charge in [0.15, 0.2) is 0 Å². The van der Waals surface area contributed by atoms with Crippen LogP contribution in [0.1, 0.15) is 58.8 Å². The zero-order chi connectivity index (χ0) is 23.7. The Balaban J connectivity index is 1.98. The Kier molecular flexibility index (Phi) is 6.91. The Bertz CT molecular complexity index is 1170. The standard InChI is InChI=1S/C26H33N3O3S/c1-27(2)15-17-9-8-12-19(13-17)24-23(18-10-6-5-7-11-18)25-20(14-21(33-25)26(31)32)29(24)16-22(30)28(3)4/h8-9,12-14,18H,5-7,10-11,15-16H2,1-4H3,(H,31,32). The number of benzene rings is 1. The molecule has 1 aliphatic carbocycles. The Hall–Kier alpha value is -2.64. The second-order valence-corrected chi connectivity index (χ2v) is 10.6. The second kappa shape index (κ2) is 9.69. The van der Waals surface area contributed by atoms with E-state index in [2.05, 4.69) is 47.8 Å². The number of likely N-dealkylation sites (N-methyl/N-ethyl adjacent to an activating group) is 1. The molecule has 3 aromatic rings. The van der Waals surface area contributed by atoms with E-state index in [0.717, 1.165) is 40.9 Å². The number of nitrogens with zero attached hydrogens (tertiary/aromatic N) is 3. The molecule has 0 atom stereocenters. The summed E-state index contributed by atoms with van der Waals surface area (Å²) in [5, 5.41) is 9.69. The molecule has 7 heteroatoms. The minimum Gasteiger partial charge on any atom is -0.477 e. The molecule has 1 fully saturated rings. The van der Waals surface area contributed by atoms with Crippen LogP contribution in [0.5, 0.6) is 0 Å². The minimum absolute atomic E-state index is 0.00383. The largest absolute Gasteiger partial charge is 0.477 e. The average Bonchev–Trinajstić information content (AvgIpc) is 3.32. The summed E-state index contributed by atoms with van der Waals surface area (Å²) in [4.78, 5) is 28.8. The molecule has 4 rings (SSSR count). The number of hydrogen-bond donors (Lipinski definition) is 1. The number of carboxylic acids is 1. The van der Waals surface area contributed by atoms with Crippen LogP contribution in [0.25, 0.3) is 21.5 Å². The summed E-state index contributed by atoms with van der Waals surface area (Å²) in [6, 6.07) is 10.3. The summed E-state index contributed by atoms with van der Waals surface area (Å²) in [6.45, 7) is 1.03. The molecular formula is C26H33N3O3S. The molecule has 2 heterocycles. The molecule has 0 aliphatic heterocycles. The van der Waals surface area contributed by atoms with E-state index in [4.69, 9.17) is 0 Å². The number of rotatable bonds is 7. The van der Waals surface area contributed by atoms with E-state index in [1.54, 1.807) is 25.1 Å². The Morgan fingerprint density at radius 1 is 1.09 bits per heavy atom. The van der Waals surface area contributed by atoms with E-state index in [0.29, 0.717) is 10.8 Å². The number of aromatic carboxylic acids is 1. The number of thiophene rings is 1. The van der Waals surface area contributed by atoms with Gasteiger partial charge in [-0.3, -0.25) is 4.79 Å². The first kappa shape index (κ1) is 23.5. The van der Waals surface area contributed by atoms with Crippen LogP contribution in [0.3, 0.4) is 0 Å². The fourth-order valence-corrected chi connectivity index (χ4v) is 6.08. The third kappa shape index (κ3) is 4.84. The van der Waals surface area contributed by atoms with Gasteiger partial charge < -0.3 is 19.5 Å². The zero-order valence-electron chi connectivity index (χ0n) is 19.9. The lowest BCUT2D eigenvalue weighted by molar-refractivity contribution is -0.129. The zero-order valence-corrected chi connectivity index (χ0v) is 20.7. The molecule has 1 N–H and O–H groups in total. The van der Waals surface area contributed by atoms with E-state index >= 15 is 0 Å². The van der Waals surface area contributed by atoms with Crippen molar-refractivity contribution >= 4 is 33.4 Å². The van der Waals surface area contributed by atoms with Gasteiger partial charge in [-0.1, -0.05) is 37.5 Å². The summed E-state index contributed by atoms with van der Waals surface area (Å²) in [7, 11) is 7.64. The van der Waals surface area contributed by atoms with E-state index in [1.807, 2.05) is 0 Å². The van der Waals surface area contributed by atoms with Crippen molar-refractivity contribution in [3.63, 3.8) is 0 Å². The molecule has 0 spiro atoms. The molecule has 2 aromatic heterocycles. The molecule has 0 saturated heterocycles. The second-order valence-electron chi connectivity index (χ2n) is 9.54. The minimum atomic E-state index is -0.911. The van der Waals surface area contributed by atoms with Crippen LogP contribution in [-0.2, 0) is 17.9 Å². The molecule has 176 valence electrons. The smallest absolute Gasteiger partial charge is 0.345 e. The van der Waals surface area contributed by atoms with Crippen molar-refractivity contribution in [1.29, 1.82) is 0 Å². The quantitative estimate of drug-likeness (QED) is 0.514. The third-order valence-electron chi connectivity index (χ3n) is 6.49. The number of carbonyl (C=O) groups is 2. The Morgan fingerprint density at radius 3 is 2.45 bits per heavy atom. The normalized spacial score (nSPS) is 14.8. The SMILES string of the molecule is CN(C)Cc1cccc(-c2c(C3CCCCC3)c3sc(C(=O)O)cc3n2CC(=O)N(C)C)c1. The Labute approximate surface area is 199 Å². The molecule has 1 amide bonds. The van der Waals surface area contributed by atoms with Crippen LogP contribution in [0.4, 0.5) is 0 Å². The van der Waals surface area contributed by atoms with E-state index in [9.17, 15) is 14.7 Å². The fourth-order valence-electron chi connectivity index (χ4n) is 4.96. The summed E-state index contributed by atoms with van der Waals surface area (Å²) >= 11 is 1.35. The lowest BCUT2D eigenvalue weighted by Gasteiger charge is -2.24. The molecule has 33 heavy (non-hydrogen) atoms. The molecule has 1 aromatic carbocycles. The van der Waals surface area contributed by atoms with Crippen LogP contribution in [0.15, 0.2) is 30.3 Å². The van der Waals surface area contributed by atoms with Gasteiger partial charge in [0, 0.05) is 20.6 Å². The molecular weight excluding hydrogens is 434 g/mol. The van der Waals surface area contributed by atoms with Crippen molar-refractivity contribution in [1.82, 2.24) is 14.4 Å². The van der Waals surface area contributed by atoms with E-state index < -0.39 is 5.97 Å². The summed E-state index contributed by atoms with van der Waals surface area (Å²) in [6.07, 6.45) is 5.82. The highest BCUT2D eigenvalue weighted by Crippen LogP contribution is 2.47. The van der Waals surface area contributed by atoms with Crippen LogP contribution in [0.2, 0.25) is 0 Å². The van der Waals surface area contributed by atoms with Crippen molar-refractivity contribution in [2.24, 2.45) is 0 Å². The number of fused-ring (bicyclic) bond motifs is 1. The first-order valence-corrected chi connectivity index (χ1v) is 12.4. The maximum atomic E-state index is 12.9. The number of carbonyl (C=O) groups excluding carboxylic acids is 1. The van der Waals surface area contributed by atoms with Crippen molar-refractivity contribution in [2.75, 3.05) is 28.2 Å². The van der Waals surface area contributed by atoms with Gasteiger partial charge in [-0.25, -0.2) is 4.79 Å². The van der Waals surface area contributed by atoms with Gasteiger partial charge in [0.1, 0.15) is 11.4 Å². The predicted molar refractivity (Wildman–Crippen MR) is 134 cm³/mol. The van der Waals surface area contributed by atoms with Crippen LogP contribution in [-0.4, -0.2) is 59.5 Å². The highest BCUT2D eigenvalue weighted by Gasteiger charge is 2.29. The fraction of sp³-hybridized carbons (Fsp3) is 0.462. The lowest BCUT2D eigenvalue weighted by atomic mass is 9.83. The van der Waals surface area contributed by atoms with Crippen molar-refractivity contribution in [3.8, 4) is 11.3 Å². The number of carboxylic acid groups (broad SMARTS) is 1. The molecule has 6 nitrogen and oxygen atoms in total. The highest BCUT2D eigenvalue weighted by molar-refractivity contribution is 7.21. The first-order valence-electron chi connectivity index (χ1n) is 11.6. The monoisotopic (exact) mass is 467 g/mol. The maximum absolute atomic E-state index is 12.9. The van der Waals surface area contributed by atoms with Gasteiger partial charge >= 0.3 is 5.97 Å². The number of amides is 1.